The molecule has 1 aromatic carbocycles. The van der Waals surface area contributed by atoms with Crippen molar-refractivity contribution in [3.05, 3.63) is 46.2 Å². The van der Waals surface area contributed by atoms with E-state index in [4.69, 9.17) is 0 Å². The van der Waals surface area contributed by atoms with E-state index in [2.05, 4.69) is 13.6 Å². The Balaban J connectivity index is 0.00000196. The van der Waals surface area contributed by atoms with Gasteiger partial charge in [-0.1, -0.05) is 6.07 Å². The van der Waals surface area contributed by atoms with Crippen LogP contribution in [0.1, 0.15) is 21.3 Å². The number of benzene rings is 1. The Hall–Kier alpha value is -1.58. The highest BCUT2D eigenvalue weighted by Gasteiger charge is 2.24. The molecule has 0 spiro atoms. The molecule has 0 radical (unpaired) electrons. The molecule has 6 nitrogen and oxygen atoms in total. The molecule has 0 bridgehead atoms. The van der Waals surface area contributed by atoms with Gasteiger partial charge in [0.05, 0.1) is 11.7 Å². The number of aliphatic hydroxyl groups is 1. The zero-order chi connectivity index (χ0) is 17.2. The minimum absolute atomic E-state index is 0. The second-order valence-electron chi connectivity index (χ2n) is 6.09. The number of amides is 1. The first-order chi connectivity index (χ1) is 12.2. The van der Waals surface area contributed by atoms with E-state index in [0.29, 0.717) is 25.2 Å². The van der Waals surface area contributed by atoms with Crippen molar-refractivity contribution in [2.75, 3.05) is 32.7 Å². The smallest absolute Gasteiger partial charge is 0.254 e. The number of fused-ring (bicyclic) bond motifs is 1. The summed E-state index contributed by atoms with van der Waals surface area (Å²) in [7, 11) is 0. The zero-order valence-corrected chi connectivity index (χ0v) is 16.4. The van der Waals surface area contributed by atoms with Crippen LogP contribution in [0.15, 0.2) is 35.7 Å². The van der Waals surface area contributed by atoms with Crippen molar-refractivity contribution in [1.82, 2.24) is 18.5 Å². The number of thiophene rings is 1. The van der Waals surface area contributed by atoms with Crippen molar-refractivity contribution in [3.8, 4) is 0 Å². The van der Waals surface area contributed by atoms with Gasteiger partial charge in [0.25, 0.3) is 5.91 Å². The summed E-state index contributed by atoms with van der Waals surface area (Å²) in [6.45, 7) is 3.50. The third-order valence-corrected chi connectivity index (χ3v) is 5.99. The van der Waals surface area contributed by atoms with Crippen LogP contribution in [0.3, 0.4) is 0 Å². The lowest BCUT2D eigenvalue weighted by Gasteiger charge is -2.35. The van der Waals surface area contributed by atoms with Crippen molar-refractivity contribution in [1.29, 1.82) is 0 Å². The maximum Gasteiger partial charge on any atom is 0.254 e. The van der Waals surface area contributed by atoms with Crippen molar-refractivity contribution < 1.29 is 9.90 Å². The molecule has 0 aliphatic carbocycles. The number of aliphatic hydroxyl groups excluding tert-OH is 1. The van der Waals surface area contributed by atoms with Crippen LogP contribution in [-0.2, 0) is 0 Å². The molecule has 9 heteroatoms. The summed E-state index contributed by atoms with van der Waals surface area (Å²) >= 11 is 2.73. The number of piperazine rings is 1. The van der Waals surface area contributed by atoms with Crippen LogP contribution in [0.2, 0.25) is 0 Å². The Kier molecular flexibility index (Phi) is 6.20. The van der Waals surface area contributed by atoms with Gasteiger partial charge in [-0.25, -0.2) is 0 Å². The SMILES string of the molecule is Cl.O=C(c1ccc2nsnc2c1)N1CCN(CC(O)c2cccs2)CC1. The number of carbonyl (C=O) groups excluding carboxylic acids is 1. The van der Waals surface area contributed by atoms with Crippen molar-refractivity contribution in [2.24, 2.45) is 0 Å². The molecule has 3 heterocycles. The van der Waals surface area contributed by atoms with Gasteiger partial charge in [0.2, 0.25) is 0 Å². The molecule has 26 heavy (non-hydrogen) atoms. The van der Waals surface area contributed by atoms with E-state index in [9.17, 15) is 9.90 Å². The number of hydrogen-bond acceptors (Lipinski definition) is 7. The molecule has 0 saturated carbocycles. The lowest BCUT2D eigenvalue weighted by molar-refractivity contribution is 0.0533. The quantitative estimate of drug-likeness (QED) is 0.716. The van der Waals surface area contributed by atoms with Crippen LogP contribution < -0.4 is 0 Å². The number of aromatic nitrogens is 2. The first kappa shape index (κ1) is 19.2. The van der Waals surface area contributed by atoms with Gasteiger partial charge in [0, 0.05) is 43.2 Å². The molecule has 1 atom stereocenters. The Morgan fingerprint density at radius 3 is 2.65 bits per heavy atom. The molecule has 1 amide bonds. The number of rotatable bonds is 4. The molecule has 138 valence electrons. The van der Waals surface area contributed by atoms with E-state index in [1.165, 1.54) is 0 Å². The first-order valence-corrected chi connectivity index (χ1v) is 9.77. The normalized spacial score (nSPS) is 16.4. The first-order valence-electron chi connectivity index (χ1n) is 8.16. The Morgan fingerprint density at radius 1 is 1.15 bits per heavy atom. The summed E-state index contributed by atoms with van der Waals surface area (Å²) in [5.41, 5.74) is 2.26. The fourth-order valence-electron chi connectivity index (χ4n) is 3.05. The minimum Gasteiger partial charge on any atom is -0.386 e. The standard InChI is InChI=1S/C17H18N4O2S2.ClH/c22-15(16-2-1-9-24-16)11-20-5-7-21(8-6-20)17(23)12-3-4-13-14(10-12)19-25-18-13;/h1-4,9-10,15,22H,5-8,11H2;1H. The fraction of sp³-hybridized carbons (Fsp3) is 0.353. The van der Waals surface area contributed by atoms with Gasteiger partial charge >= 0.3 is 0 Å². The Morgan fingerprint density at radius 2 is 1.92 bits per heavy atom. The number of hydrogen-bond donors (Lipinski definition) is 1. The molecular weight excluding hydrogens is 392 g/mol. The van der Waals surface area contributed by atoms with E-state index in [0.717, 1.165) is 40.7 Å². The summed E-state index contributed by atoms with van der Waals surface area (Å²) < 4.78 is 8.37. The maximum atomic E-state index is 12.7. The van der Waals surface area contributed by atoms with Crippen LogP contribution >= 0.6 is 35.5 Å². The van der Waals surface area contributed by atoms with E-state index >= 15 is 0 Å². The second kappa shape index (κ2) is 8.41. The van der Waals surface area contributed by atoms with Gasteiger partial charge < -0.3 is 10.0 Å². The number of β-amino-alcohol motifs (C(OH)–C–C–N with tert-alkyl or cyclic N) is 1. The van der Waals surface area contributed by atoms with E-state index in [1.807, 2.05) is 40.6 Å². The maximum absolute atomic E-state index is 12.7. The van der Waals surface area contributed by atoms with E-state index < -0.39 is 6.10 Å². The van der Waals surface area contributed by atoms with Gasteiger partial charge in [-0.2, -0.15) is 8.75 Å². The summed E-state index contributed by atoms with van der Waals surface area (Å²) in [6.07, 6.45) is -0.457. The Labute approximate surface area is 165 Å². The molecule has 2 aromatic heterocycles. The Bertz CT molecular complexity index is 863. The summed E-state index contributed by atoms with van der Waals surface area (Å²) in [5, 5.41) is 12.2. The average Bonchev–Trinajstić information content (AvgIpc) is 3.32. The third-order valence-electron chi connectivity index (χ3n) is 4.46. The van der Waals surface area contributed by atoms with E-state index in [1.54, 1.807) is 11.3 Å². The summed E-state index contributed by atoms with van der Waals surface area (Å²) in [6, 6.07) is 9.39. The monoisotopic (exact) mass is 410 g/mol. The zero-order valence-electron chi connectivity index (χ0n) is 13.9. The van der Waals surface area contributed by atoms with Crippen LogP contribution in [0, 0.1) is 0 Å². The van der Waals surface area contributed by atoms with Crippen LogP contribution in [0.4, 0.5) is 0 Å². The molecule has 1 fully saturated rings. The molecule has 4 rings (SSSR count). The summed E-state index contributed by atoms with van der Waals surface area (Å²) in [5.74, 6) is 0.0355. The molecule has 1 N–H and O–H groups in total. The fourth-order valence-corrected chi connectivity index (χ4v) is 4.27. The average molecular weight is 411 g/mol. The van der Waals surface area contributed by atoms with Crippen LogP contribution in [-0.4, -0.2) is 62.3 Å². The lowest BCUT2D eigenvalue weighted by Crippen LogP contribution is -2.49. The van der Waals surface area contributed by atoms with Gasteiger partial charge in [-0.15, -0.1) is 23.7 Å². The molecule has 1 saturated heterocycles. The van der Waals surface area contributed by atoms with Gasteiger partial charge in [0.15, 0.2) is 0 Å². The topological polar surface area (TPSA) is 69.6 Å². The lowest BCUT2D eigenvalue weighted by atomic mass is 10.1. The molecular formula is C17H19ClN4O2S2. The number of carbonyl (C=O) groups is 1. The van der Waals surface area contributed by atoms with Crippen LogP contribution in [0.25, 0.3) is 11.0 Å². The predicted octanol–water partition coefficient (Wildman–Crippen LogP) is 2.67. The highest BCUT2D eigenvalue weighted by molar-refractivity contribution is 7.10. The summed E-state index contributed by atoms with van der Waals surface area (Å²) in [4.78, 5) is 17.8. The number of halogens is 1. The number of nitrogens with zero attached hydrogens (tertiary/aromatic N) is 4. The van der Waals surface area contributed by atoms with E-state index in [-0.39, 0.29) is 18.3 Å². The largest absolute Gasteiger partial charge is 0.386 e. The van der Waals surface area contributed by atoms with Gasteiger partial charge in [-0.05, 0) is 29.6 Å². The minimum atomic E-state index is -0.457. The highest BCUT2D eigenvalue weighted by Crippen LogP contribution is 2.21. The van der Waals surface area contributed by atoms with Crippen molar-refractivity contribution in [3.63, 3.8) is 0 Å². The molecule has 1 aliphatic rings. The molecule has 1 unspecified atom stereocenters. The second-order valence-corrected chi connectivity index (χ2v) is 7.60. The highest BCUT2D eigenvalue weighted by atomic mass is 35.5. The molecule has 3 aromatic rings. The third kappa shape index (κ3) is 4.05. The molecule has 1 aliphatic heterocycles. The van der Waals surface area contributed by atoms with Gasteiger partial charge in [0.1, 0.15) is 17.1 Å². The van der Waals surface area contributed by atoms with Crippen molar-refractivity contribution in [2.45, 2.75) is 6.10 Å². The predicted molar refractivity (Wildman–Crippen MR) is 106 cm³/mol. The van der Waals surface area contributed by atoms with Crippen LogP contribution in [0.5, 0.6) is 0 Å². The van der Waals surface area contributed by atoms with Gasteiger partial charge in [-0.3, -0.25) is 9.69 Å². The van der Waals surface area contributed by atoms with Crippen molar-refractivity contribution >= 4 is 52.4 Å².